The lowest BCUT2D eigenvalue weighted by molar-refractivity contribution is 0.460. The molecule has 100 valence electrons. The van der Waals surface area contributed by atoms with Crippen LogP contribution in [0.4, 0.5) is 0 Å². The third-order valence-electron chi connectivity index (χ3n) is 3.52. The minimum atomic E-state index is 0.528. The zero-order chi connectivity index (χ0) is 13.3. The third-order valence-corrected chi connectivity index (χ3v) is 3.52. The van der Waals surface area contributed by atoms with Gasteiger partial charge in [-0.05, 0) is 54.9 Å². The molecule has 0 radical (unpaired) electrons. The topological polar surface area (TPSA) is 60.8 Å². The Balaban J connectivity index is 1.88. The summed E-state index contributed by atoms with van der Waals surface area (Å²) in [6, 6.07) is 8.81. The van der Waals surface area contributed by atoms with Crippen LogP contribution in [0.25, 0.3) is 16.5 Å². The van der Waals surface area contributed by atoms with Gasteiger partial charge in [-0.2, -0.15) is 0 Å². The van der Waals surface area contributed by atoms with E-state index in [1.165, 1.54) is 24.0 Å². The van der Waals surface area contributed by atoms with Gasteiger partial charge in [-0.1, -0.05) is 41.5 Å². The molecule has 1 saturated heterocycles. The van der Waals surface area contributed by atoms with Crippen molar-refractivity contribution in [3.63, 3.8) is 0 Å². The molecule has 1 heterocycles. The number of piperidine rings is 1. The summed E-state index contributed by atoms with van der Waals surface area (Å²) in [6.45, 7) is 2.79. The normalized spacial score (nSPS) is 16.4. The highest BCUT2D eigenvalue weighted by Gasteiger charge is 2.14. The van der Waals surface area contributed by atoms with Crippen molar-refractivity contribution >= 4 is 6.08 Å². The van der Waals surface area contributed by atoms with E-state index < -0.39 is 0 Å². The first kappa shape index (κ1) is 13.7. The van der Waals surface area contributed by atoms with E-state index in [1.807, 2.05) is 6.08 Å². The molecule has 0 atom stereocenters. The number of benzene rings is 1. The first-order valence-electron chi connectivity index (χ1n) is 6.88. The zero-order valence-corrected chi connectivity index (χ0v) is 11.1. The Morgan fingerprint density at radius 2 is 2.00 bits per heavy atom. The van der Waals surface area contributed by atoms with E-state index in [0.29, 0.717) is 12.5 Å². The SMILES string of the molecule is [N-]=[N+]=NCCC=Cc1ccc(C2CCNCC2)cc1. The molecule has 1 fully saturated rings. The van der Waals surface area contributed by atoms with Crippen LogP contribution in [0.2, 0.25) is 0 Å². The monoisotopic (exact) mass is 256 g/mol. The second-order valence-electron chi connectivity index (χ2n) is 4.84. The maximum atomic E-state index is 8.17. The summed E-state index contributed by atoms with van der Waals surface area (Å²) in [5.74, 6) is 0.712. The molecule has 0 spiro atoms. The first-order chi connectivity index (χ1) is 9.40. The largest absolute Gasteiger partial charge is 0.317 e. The van der Waals surface area contributed by atoms with Crippen molar-refractivity contribution in [2.24, 2.45) is 5.11 Å². The Hall–Kier alpha value is -1.77. The predicted molar refractivity (Wildman–Crippen MR) is 79.0 cm³/mol. The standard InChI is InChI=1S/C15H20N4/c16-19-18-10-2-1-3-13-4-6-14(7-5-13)15-8-11-17-12-9-15/h1,3-7,15,17H,2,8-12H2. The summed E-state index contributed by atoms with van der Waals surface area (Å²) in [7, 11) is 0. The van der Waals surface area contributed by atoms with Crippen molar-refractivity contribution < 1.29 is 0 Å². The number of nitrogens with one attached hydrogen (secondary N) is 1. The van der Waals surface area contributed by atoms with Gasteiger partial charge in [-0.25, -0.2) is 0 Å². The molecule has 1 aliphatic heterocycles. The van der Waals surface area contributed by atoms with E-state index in [1.54, 1.807) is 0 Å². The lowest BCUT2D eigenvalue weighted by Gasteiger charge is -2.22. The summed E-state index contributed by atoms with van der Waals surface area (Å²) in [4.78, 5) is 2.73. The Morgan fingerprint density at radius 3 is 2.68 bits per heavy atom. The number of hydrogen-bond acceptors (Lipinski definition) is 2. The Bertz CT molecular complexity index is 452. The van der Waals surface area contributed by atoms with Gasteiger partial charge in [-0.3, -0.25) is 0 Å². The van der Waals surface area contributed by atoms with Gasteiger partial charge in [0, 0.05) is 11.5 Å². The molecular weight excluding hydrogens is 236 g/mol. The average molecular weight is 256 g/mol. The molecule has 2 rings (SSSR count). The van der Waals surface area contributed by atoms with Gasteiger partial charge < -0.3 is 5.32 Å². The molecule has 0 unspecified atom stereocenters. The highest BCUT2D eigenvalue weighted by molar-refractivity contribution is 5.49. The van der Waals surface area contributed by atoms with Crippen molar-refractivity contribution in [2.75, 3.05) is 19.6 Å². The highest BCUT2D eigenvalue weighted by atomic mass is 15.1. The summed E-state index contributed by atoms with van der Waals surface area (Å²) >= 11 is 0. The molecule has 0 aromatic heterocycles. The van der Waals surface area contributed by atoms with Crippen LogP contribution in [0.3, 0.4) is 0 Å². The van der Waals surface area contributed by atoms with Crippen LogP contribution in [-0.2, 0) is 0 Å². The van der Waals surface area contributed by atoms with Crippen LogP contribution >= 0.6 is 0 Å². The van der Waals surface area contributed by atoms with Gasteiger partial charge in [0.2, 0.25) is 0 Å². The van der Waals surface area contributed by atoms with E-state index in [9.17, 15) is 0 Å². The van der Waals surface area contributed by atoms with Crippen LogP contribution in [0.5, 0.6) is 0 Å². The third kappa shape index (κ3) is 4.43. The molecule has 1 N–H and O–H groups in total. The second-order valence-corrected chi connectivity index (χ2v) is 4.84. The van der Waals surface area contributed by atoms with Crippen LogP contribution in [-0.4, -0.2) is 19.6 Å². The predicted octanol–water partition coefficient (Wildman–Crippen LogP) is 3.87. The van der Waals surface area contributed by atoms with Crippen molar-refractivity contribution in [1.29, 1.82) is 0 Å². The Labute approximate surface area is 114 Å². The van der Waals surface area contributed by atoms with E-state index >= 15 is 0 Å². The molecule has 19 heavy (non-hydrogen) atoms. The molecular formula is C15H20N4. The Kier molecular flexibility index (Phi) is 5.48. The van der Waals surface area contributed by atoms with Crippen molar-refractivity contribution in [1.82, 2.24) is 5.32 Å². The maximum absolute atomic E-state index is 8.17. The molecule has 4 nitrogen and oxygen atoms in total. The summed E-state index contributed by atoms with van der Waals surface area (Å²) < 4.78 is 0. The van der Waals surface area contributed by atoms with Gasteiger partial charge >= 0.3 is 0 Å². The van der Waals surface area contributed by atoms with Crippen molar-refractivity contribution in [2.45, 2.75) is 25.2 Å². The molecule has 0 aliphatic carbocycles. The molecule has 1 aliphatic rings. The van der Waals surface area contributed by atoms with Crippen LogP contribution in [0.15, 0.2) is 35.5 Å². The maximum Gasteiger partial charge on any atom is 0.0292 e. The lowest BCUT2D eigenvalue weighted by atomic mass is 9.90. The van der Waals surface area contributed by atoms with Gasteiger partial charge in [-0.15, -0.1) is 0 Å². The molecule has 4 heteroatoms. The van der Waals surface area contributed by atoms with Crippen LogP contribution in [0.1, 0.15) is 36.3 Å². The fourth-order valence-electron chi connectivity index (χ4n) is 2.43. The molecule has 0 amide bonds. The van der Waals surface area contributed by atoms with E-state index in [4.69, 9.17) is 5.53 Å². The minimum Gasteiger partial charge on any atom is -0.317 e. The van der Waals surface area contributed by atoms with E-state index in [2.05, 4.69) is 45.7 Å². The molecule has 1 aromatic rings. The average Bonchev–Trinajstić information content (AvgIpc) is 2.49. The fourth-order valence-corrected chi connectivity index (χ4v) is 2.43. The number of rotatable bonds is 5. The van der Waals surface area contributed by atoms with E-state index in [0.717, 1.165) is 19.5 Å². The van der Waals surface area contributed by atoms with E-state index in [-0.39, 0.29) is 0 Å². The van der Waals surface area contributed by atoms with Gasteiger partial charge in [0.15, 0.2) is 0 Å². The number of hydrogen-bond donors (Lipinski definition) is 1. The van der Waals surface area contributed by atoms with Gasteiger partial charge in [0.05, 0.1) is 0 Å². The summed E-state index contributed by atoms with van der Waals surface area (Å²) in [5.41, 5.74) is 10.8. The highest BCUT2D eigenvalue weighted by Crippen LogP contribution is 2.25. The smallest absolute Gasteiger partial charge is 0.0292 e. The van der Waals surface area contributed by atoms with Crippen molar-refractivity contribution in [3.05, 3.63) is 51.9 Å². The second kappa shape index (κ2) is 7.62. The minimum absolute atomic E-state index is 0.528. The molecule has 1 aromatic carbocycles. The lowest BCUT2D eigenvalue weighted by Crippen LogP contribution is -2.26. The van der Waals surface area contributed by atoms with Crippen molar-refractivity contribution in [3.8, 4) is 0 Å². The van der Waals surface area contributed by atoms with Gasteiger partial charge in [0.1, 0.15) is 0 Å². The Morgan fingerprint density at radius 1 is 1.26 bits per heavy atom. The zero-order valence-electron chi connectivity index (χ0n) is 11.1. The van der Waals surface area contributed by atoms with Gasteiger partial charge in [0.25, 0.3) is 0 Å². The summed E-state index contributed by atoms with van der Waals surface area (Å²) in [5, 5.41) is 6.90. The molecule has 0 saturated carbocycles. The fraction of sp³-hybridized carbons (Fsp3) is 0.467. The number of azide groups is 1. The van der Waals surface area contributed by atoms with Crippen LogP contribution < -0.4 is 5.32 Å². The first-order valence-corrected chi connectivity index (χ1v) is 6.88. The summed E-state index contributed by atoms with van der Waals surface area (Å²) in [6.07, 6.45) is 7.40. The van der Waals surface area contributed by atoms with Crippen LogP contribution in [0, 0.1) is 0 Å². The quantitative estimate of drug-likeness (QED) is 0.369. The molecule has 0 bridgehead atoms. The number of nitrogens with zero attached hydrogens (tertiary/aromatic N) is 3.